The first-order valence-electron chi connectivity index (χ1n) is 7.67. The lowest BCUT2D eigenvalue weighted by Gasteiger charge is -2.12. The minimum Gasteiger partial charge on any atom is -0.380 e. The van der Waals surface area contributed by atoms with E-state index in [9.17, 15) is 0 Å². The molecule has 22 heavy (non-hydrogen) atoms. The van der Waals surface area contributed by atoms with Crippen LogP contribution in [-0.4, -0.2) is 51.8 Å². The van der Waals surface area contributed by atoms with Crippen LogP contribution < -0.4 is 15.5 Å². The number of nitrogens with zero attached hydrogens (tertiary/aromatic N) is 3. The van der Waals surface area contributed by atoms with Crippen LogP contribution in [0.3, 0.4) is 0 Å². The molecule has 0 amide bonds. The fourth-order valence-electron chi connectivity index (χ4n) is 1.64. The molecule has 1 aromatic heterocycles. The van der Waals surface area contributed by atoms with E-state index < -0.39 is 0 Å². The summed E-state index contributed by atoms with van der Waals surface area (Å²) in [5.74, 6) is 1.46. The third kappa shape index (κ3) is 7.61. The van der Waals surface area contributed by atoms with Gasteiger partial charge in [-0.3, -0.25) is 4.99 Å². The lowest BCUT2D eigenvalue weighted by molar-refractivity contribution is 0.128. The summed E-state index contributed by atoms with van der Waals surface area (Å²) >= 11 is 1.64. The standard InChI is InChI=1S/C15H29N5OS/c1-12(2)6-8-21-9-7-17-14(16-3)18-10-13-11-22-15(19-13)20(4)5/h11-12H,6-10H2,1-5H3,(H2,16,17,18). The number of guanidine groups is 1. The predicted molar refractivity (Wildman–Crippen MR) is 94.9 cm³/mol. The summed E-state index contributed by atoms with van der Waals surface area (Å²) < 4.78 is 5.57. The Labute approximate surface area is 138 Å². The number of hydrogen-bond acceptors (Lipinski definition) is 5. The third-order valence-corrected chi connectivity index (χ3v) is 4.02. The highest BCUT2D eigenvalue weighted by Crippen LogP contribution is 2.17. The van der Waals surface area contributed by atoms with Gasteiger partial charge in [0.25, 0.3) is 0 Å². The molecule has 0 fully saturated rings. The summed E-state index contributed by atoms with van der Waals surface area (Å²) in [4.78, 5) is 10.7. The predicted octanol–water partition coefficient (Wildman–Crippen LogP) is 1.94. The van der Waals surface area contributed by atoms with Crippen molar-refractivity contribution in [3.8, 4) is 0 Å². The Bertz CT molecular complexity index is 445. The van der Waals surface area contributed by atoms with Crippen LogP contribution >= 0.6 is 11.3 Å². The van der Waals surface area contributed by atoms with Crippen molar-refractivity contribution < 1.29 is 4.74 Å². The Morgan fingerprint density at radius 3 is 2.73 bits per heavy atom. The van der Waals surface area contributed by atoms with Gasteiger partial charge in [0.15, 0.2) is 11.1 Å². The van der Waals surface area contributed by atoms with Crippen LogP contribution in [0.15, 0.2) is 10.4 Å². The maximum atomic E-state index is 5.57. The van der Waals surface area contributed by atoms with Gasteiger partial charge in [0, 0.05) is 39.7 Å². The highest BCUT2D eigenvalue weighted by atomic mass is 32.1. The van der Waals surface area contributed by atoms with Crippen LogP contribution in [0.2, 0.25) is 0 Å². The van der Waals surface area contributed by atoms with Crippen molar-refractivity contribution in [3.63, 3.8) is 0 Å². The molecule has 0 atom stereocenters. The maximum Gasteiger partial charge on any atom is 0.191 e. The second kappa shape index (κ2) is 10.4. The molecule has 0 aliphatic rings. The molecule has 1 heterocycles. The molecule has 0 radical (unpaired) electrons. The van der Waals surface area contributed by atoms with Gasteiger partial charge in [0.2, 0.25) is 0 Å². The minimum atomic E-state index is 0.665. The first-order chi connectivity index (χ1) is 10.5. The number of rotatable bonds is 9. The largest absolute Gasteiger partial charge is 0.380 e. The van der Waals surface area contributed by atoms with Gasteiger partial charge in [0.1, 0.15) is 0 Å². The molecule has 0 aliphatic heterocycles. The second-order valence-electron chi connectivity index (χ2n) is 5.66. The molecule has 2 N–H and O–H groups in total. The average molecular weight is 327 g/mol. The normalized spacial score (nSPS) is 11.8. The smallest absolute Gasteiger partial charge is 0.191 e. The molecule has 1 rings (SSSR count). The number of nitrogens with one attached hydrogen (secondary N) is 2. The molecule has 0 saturated heterocycles. The van der Waals surface area contributed by atoms with Crippen molar-refractivity contribution in [2.24, 2.45) is 10.9 Å². The van der Waals surface area contributed by atoms with Crippen LogP contribution in [-0.2, 0) is 11.3 Å². The van der Waals surface area contributed by atoms with E-state index in [-0.39, 0.29) is 0 Å². The van der Waals surface area contributed by atoms with Crippen LogP contribution in [0.1, 0.15) is 26.0 Å². The van der Waals surface area contributed by atoms with Crippen molar-refractivity contribution in [2.75, 3.05) is 45.8 Å². The summed E-state index contributed by atoms with van der Waals surface area (Å²) in [7, 11) is 5.76. The summed E-state index contributed by atoms with van der Waals surface area (Å²) in [5.41, 5.74) is 1.02. The zero-order valence-electron chi connectivity index (χ0n) is 14.3. The van der Waals surface area contributed by atoms with E-state index in [4.69, 9.17) is 4.74 Å². The third-order valence-electron chi connectivity index (χ3n) is 2.96. The average Bonchev–Trinajstić information content (AvgIpc) is 2.94. The number of aliphatic imine (C=N–C) groups is 1. The van der Waals surface area contributed by atoms with E-state index >= 15 is 0 Å². The van der Waals surface area contributed by atoms with Gasteiger partial charge in [-0.1, -0.05) is 13.8 Å². The molecule has 126 valence electrons. The van der Waals surface area contributed by atoms with Crippen LogP contribution in [0.4, 0.5) is 5.13 Å². The van der Waals surface area contributed by atoms with Crippen LogP contribution in [0.5, 0.6) is 0 Å². The number of aromatic nitrogens is 1. The van der Waals surface area contributed by atoms with Gasteiger partial charge < -0.3 is 20.3 Å². The van der Waals surface area contributed by atoms with Crippen molar-refractivity contribution in [1.82, 2.24) is 15.6 Å². The van der Waals surface area contributed by atoms with E-state index in [2.05, 4.69) is 39.8 Å². The molecular weight excluding hydrogens is 298 g/mol. The first-order valence-corrected chi connectivity index (χ1v) is 8.55. The van der Waals surface area contributed by atoms with Gasteiger partial charge in [-0.15, -0.1) is 11.3 Å². The zero-order chi connectivity index (χ0) is 16.4. The SMILES string of the molecule is CN=C(NCCOCCC(C)C)NCc1csc(N(C)C)n1. The Morgan fingerprint density at radius 2 is 2.14 bits per heavy atom. The highest BCUT2D eigenvalue weighted by Gasteiger charge is 2.04. The minimum absolute atomic E-state index is 0.665. The highest BCUT2D eigenvalue weighted by molar-refractivity contribution is 7.13. The Kier molecular flexibility index (Phi) is 8.84. The molecule has 0 saturated carbocycles. The number of anilines is 1. The van der Waals surface area contributed by atoms with Crippen molar-refractivity contribution in [2.45, 2.75) is 26.8 Å². The van der Waals surface area contributed by atoms with E-state index in [1.54, 1.807) is 18.4 Å². The van der Waals surface area contributed by atoms with Gasteiger partial charge in [-0.2, -0.15) is 0 Å². The first kappa shape index (κ1) is 18.7. The lowest BCUT2D eigenvalue weighted by Crippen LogP contribution is -2.38. The number of hydrogen-bond donors (Lipinski definition) is 2. The molecule has 0 spiro atoms. The van der Waals surface area contributed by atoms with Gasteiger partial charge in [-0.25, -0.2) is 4.98 Å². The Morgan fingerprint density at radius 1 is 1.36 bits per heavy atom. The quantitative estimate of drug-likeness (QED) is 0.412. The van der Waals surface area contributed by atoms with E-state index in [0.29, 0.717) is 19.1 Å². The summed E-state index contributed by atoms with van der Waals surface area (Å²) in [6, 6.07) is 0. The van der Waals surface area contributed by atoms with Crippen molar-refractivity contribution in [3.05, 3.63) is 11.1 Å². The fourth-order valence-corrected chi connectivity index (χ4v) is 2.40. The number of thiazole rings is 1. The second-order valence-corrected chi connectivity index (χ2v) is 6.50. The topological polar surface area (TPSA) is 61.8 Å². The zero-order valence-corrected chi connectivity index (χ0v) is 15.2. The van der Waals surface area contributed by atoms with Gasteiger partial charge >= 0.3 is 0 Å². The van der Waals surface area contributed by atoms with Crippen LogP contribution in [0.25, 0.3) is 0 Å². The van der Waals surface area contributed by atoms with E-state index in [0.717, 1.165) is 36.4 Å². The molecule has 7 heteroatoms. The van der Waals surface area contributed by atoms with Crippen LogP contribution in [0, 0.1) is 5.92 Å². The van der Waals surface area contributed by atoms with Crippen molar-refractivity contribution in [1.29, 1.82) is 0 Å². The number of ether oxygens (including phenoxy) is 1. The summed E-state index contributed by atoms with van der Waals surface area (Å²) in [6.07, 6.45) is 1.10. The van der Waals surface area contributed by atoms with Crippen molar-refractivity contribution >= 4 is 22.4 Å². The molecule has 6 nitrogen and oxygen atoms in total. The summed E-state index contributed by atoms with van der Waals surface area (Å²) in [6.45, 7) is 7.32. The van der Waals surface area contributed by atoms with E-state index in [1.165, 1.54) is 0 Å². The molecule has 0 aliphatic carbocycles. The fraction of sp³-hybridized carbons (Fsp3) is 0.733. The molecule has 1 aromatic rings. The molecular formula is C15H29N5OS. The van der Waals surface area contributed by atoms with E-state index in [1.807, 2.05) is 19.0 Å². The molecule has 0 aromatic carbocycles. The maximum absolute atomic E-state index is 5.57. The Hall–Kier alpha value is -1.34. The summed E-state index contributed by atoms with van der Waals surface area (Å²) in [5, 5.41) is 9.57. The van der Waals surface area contributed by atoms with Gasteiger partial charge in [0.05, 0.1) is 18.8 Å². The monoisotopic (exact) mass is 327 g/mol. The molecule has 0 unspecified atom stereocenters. The Balaban J connectivity index is 2.19. The van der Waals surface area contributed by atoms with Gasteiger partial charge in [-0.05, 0) is 12.3 Å². The lowest BCUT2D eigenvalue weighted by atomic mass is 10.1. The molecule has 0 bridgehead atoms.